The fourth-order valence-electron chi connectivity index (χ4n) is 6.66. The van der Waals surface area contributed by atoms with Crippen molar-refractivity contribution in [3.8, 4) is 0 Å². The summed E-state index contributed by atoms with van der Waals surface area (Å²) in [7, 11) is 0. The number of para-hydroxylation sites is 1. The molecule has 3 aromatic rings. The number of amides is 2. The summed E-state index contributed by atoms with van der Waals surface area (Å²) in [5.41, 5.74) is 3.94. The zero-order chi connectivity index (χ0) is 25.4. The van der Waals surface area contributed by atoms with Crippen molar-refractivity contribution >= 4 is 29.1 Å². The molecule has 3 unspecified atom stereocenters. The van der Waals surface area contributed by atoms with E-state index < -0.39 is 0 Å². The van der Waals surface area contributed by atoms with Crippen LogP contribution in [-0.2, 0) is 4.79 Å². The molecule has 0 radical (unpaired) electrons. The first-order chi connectivity index (χ1) is 18.1. The molecule has 2 amide bonds. The van der Waals surface area contributed by atoms with Gasteiger partial charge in [0.1, 0.15) is 0 Å². The average Bonchev–Trinajstić information content (AvgIpc) is 3.39. The molecule has 1 saturated carbocycles. The van der Waals surface area contributed by atoms with Crippen LogP contribution in [0.5, 0.6) is 0 Å². The maximum atomic E-state index is 14.2. The van der Waals surface area contributed by atoms with Crippen LogP contribution in [-0.4, -0.2) is 29.3 Å². The average molecular weight is 514 g/mol. The molecule has 1 saturated heterocycles. The molecule has 2 heterocycles. The van der Waals surface area contributed by atoms with Crippen molar-refractivity contribution in [1.29, 1.82) is 0 Å². The number of nitrogens with zero attached hydrogens (tertiary/aromatic N) is 1. The third kappa shape index (κ3) is 4.50. The smallest absolute Gasteiger partial charge is 0.251 e. The van der Waals surface area contributed by atoms with Crippen LogP contribution in [0.4, 0.5) is 5.69 Å². The SMILES string of the molecule is O=C(N[C@@H]1CCCC[C@@H]1C(=O)N1CCC2C(c3ccccc3Cl)Nc3ccccc3C21)c1ccccc1. The Kier molecular flexibility index (Phi) is 6.64. The monoisotopic (exact) mass is 513 g/mol. The van der Waals surface area contributed by atoms with E-state index in [1.807, 2.05) is 54.6 Å². The lowest BCUT2D eigenvalue weighted by Crippen LogP contribution is -2.50. The van der Waals surface area contributed by atoms with Crippen LogP contribution in [0, 0.1) is 11.8 Å². The Morgan fingerprint density at radius 3 is 2.35 bits per heavy atom. The third-order valence-electron chi connectivity index (χ3n) is 8.42. The quantitative estimate of drug-likeness (QED) is 0.425. The summed E-state index contributed by atoms with van der Waals surface area (Å²) >= 11 is 6.65. The third-order valence-corrected chi connectivity index (χ3v) is 8.77. The van der Waals surface area contributed by atoms with Crippen molar-refractivity contribution in [2.24, 2.45) is 11.8 Å². The minimum atomic E-state index is -0.207. The lowest BCUT2D eigenvalue weighted by atomic mass is 9.79. The molecule has 0 aromatic heterocycles. The van der Waals surface area contributed by atoms with Crippen LogP contribution in [0.3, 0.4) is 0 Å². The van der Waals surface area contributed by atoms with Gasteiger partial charge >= 0.3 is 0 Å². The molecule has 5 nitrogen and oxygen atoms in total. The zero-order valence-electron chi connectivity index (χ0n) is 20.8. The van der Waals surface area contributed by atoms with E-state index in [0.29, 0.717) is 12.1 Å². The Morgan fingerprint density at radius 1 is 0.838 bits per heavy atom. The number of rotatable bonds is 4. The predicted molar refractivity (Wildman–Crippen MR) is 146 cm³/mol. The van der Waals surface area contributed by atoms with Gasteiger partial charge in [-0.3, -0.25) is 9.59 Å². The molecule has 3 aromatic carbocycles. The Hall–Kier alpha value is -3.31. The molecule has 37 heavy (non-hydrogen) atoms. The van der Waals surface area contributed by atoms with Crippen LogP contribution < -0.4 is 10.6 Å². The van der Waals surface area contributed by atoms with Gasteiger partial charge in [-0.05, 0) is 54.7 Å². The van der Waals surface area contributed by atoms with Gasteiger partial charge in [0.05, 0.1) is 18.0 Å². The summed E-state index contributed by atoms with van der Waals surface area (Å²) in [5, 5.41) is 7.69. The number of fused-ring (bicyclic) bond motifs is 3. The summed E-state index contributed by atoms with van der Waals surface area (Å²) in [6, 6.07) is 25.5. The first-order valence-electron chi connectivity index (χ1n) is 13.4. The molecule has 0 spiro atoms. The van der Waals surface area contributed by atoms with Crippen molar-refractivity contribution in [3.05, 3.63) is 101 Å². The number of likely N-dealkylation sites (tertiary alicyclic amines) is 1. The van der Waals surface area contributed by atoms with Crippen molar-refractivity contribution in [2.75, 3.05) is 11.9 Å². The van der Waals surface area contributed by atoms with Gasteiger partial charge in [-0.25, -0.2) is 0 Å². The van der Waals surface area contributed by atoms with Crippen LogP contribution >= 0.6 is 11.6 Å². The van der Waals surface area contributed by atoms with Crippen LogP contribution in [0.25, 0.3) is 0 Å². The lowest BCUT2D eigenvalue weighted by Gasteiger charge is -2.42. The molecule has 6 rings (SSSR count). The standard InChI is InChI=1S/C31H32ClN3O2/c32-25-15-7-4-12-21(25)28-24-18-19-35(29(24)22-13-5-8-16-26(22)33-28)31(37)23-14-6-9-17-27(23)34-30(36)20-10-2-1-3-11-20/h1-5,7-8,10-13,15-16,23-24,27-29,33H,6,9,14,17-19H2,(H,34,36)/t23-,24?,27+,28?,29?/m0/s1. The van der Waals surface area contributed by atoms with E-state index in [1.165, 1.54) is 5.56 Å². The summed E-state index contributed by atoms with van der Waals surface area (Å²) in [4.78, 5) is 29.3. The topological polar surface area (TPSA) is 61.4 Å². The van der Waals surface area contributed by atoms with Gasteiger partial charge in [0.15, 0.2) is 0 Å². The highest BCUT2D eigenvalue weighted by atomic mass is 35.5. The first-order valence-corrected chi connectivity index (χ1v) is 13.8. The van der Waals surface area contributed by atoms with E-state index in [4.69, 9.17) is 11.6 Å². The molecular weight excluding hydrogens is 482 g/mol. The predicted octanol–water partition coefficient (Wildman–Crippen LogP) is 6.39. The number of nitrogens with one attached hydrogen (secondary N) is 2. The Balaban J connectivity index is 1.29. The zero-order valence-corrected chi connectivity index (χ0v) is 21.5. The lowest BCUT2D eigenvalue weighted by molar-refractivity contribution is -0.138. The second-order valence-corrected chi connectivity index (χ2v) is 10.9. The van der Waals surface area contributed by atoms with Gasteiger partial charge in [-0.1, -0.05) is 79.0 Å². The highest BCUT2D eigenvalue weighted by Crippen LogP contribution is 2.52. The highest BCUT2D eigenvalue weighted by Gasteiger charge is 2.48. The number of anilines is 1. The van der Waals surface area contributed by atoms with Crippen molar-refractivity contribution in [2.45, 2.75) is 50.2 Å². The molecule has 2 aliphatic heterocycles. The Morgan fingerprint density at radius 2 is 1.54 bits per heavy atom. The van der Waals surface area contributed by atoms with E-state index in [2.05, 4.69) is 39.8 Å². The van der Waals surface area contributed by atoms with Gasteiger partial charge in [-0.2, -0.15) is 0 Å². The summed E-state index contributed by atoms with van der Waals surface area (Å²) < 4.78 is 0. The molecular formula is C31H32ClN3O2. The maximum Gasteiger partial charge on any atom is 0.251 e. The molecule has 2 fully saturated rings. The highest BCUT2D eigenvalue weighted by molar-refractivity contribution is 6.31. The number of benzene rings is 3. The van der Waals surface area contributed by atoms with Gasteiger partial charge < -0.3 is 15.5 Å². The van der Waals surface area contributed by atoms with E-state index in [1.54, 1.807) is 0 Å². The molecule has 3 aliphatic rings. The van der Waals surface area contributed by atoms with E-state index in [0.717, 1.165) is 48.4 Å². The molecule has 1 aliphatic carbocycles. The van der Waals surface area contributed by atoms with Crippen LogP contribution in [0.2, 0.25) is 5.02 Å². The summed E-state index contributed by atoms with van der Waals surface area (Å²) in [6.07, 6.45) is 4.58. The minimum absolute atomic E-state index is 0.0152. The Bertz CT molecular complexity index is 1300. The van der Waals surface area contributed by atoms with Crippen LogP contribution in [0.1, 0.15) is 65.7 Å². The normalized spacial score (nSPS) is 26.5. The number of carbonyl (C=O) groups excluding carboxylic acids is 2. The van der Waals surface area contributed by atoms with Gasteiger partial charge in [0.2, 0.25) is 5.91 Å². The van der Waals surface area contributed by atoms with Gasteiger partial charge in [-0.15, -0.1) is 0 Å². The number of halogens is 1. The first kappa shape index (κ1) is 24.1. The number of hydrogen-bond acceptors (Lipinski definition) is 3. The second-order valence-electron chi connectivity index (χ2n) is 10.5. The number of carbonyl (C=O) groups is 2. The van der Waals surface area contributed by atoms with Crippen molar-refractivity contribution < 1.29 is 9.59 Å². The molecule has 0 bridgehead atoms. The molecule has 6 heteroatoms. The van der Waals surface area contributed by atoms with Crippen molar-refractivity contribution in [1.82, 2.24) is 10.2 Å². The largest absolute Gasteiger partial charge is 0.378 e. The maximum absolute atomic E-state index is 14.2. The minimum Gasteiger partial charge on any atom is -0.378 e. The summed E-state index contributed by atoms with van der Waals surface area (Å²) in [6.45, 7) is 0.709. The molecule has 190 valence electrons. The fraction of sp³-hybridized carbons (Fsp3) is 0.355. The van der Waals surface area contributed by atoms with Gasteiger partial charge in [0.25, 0.3) is 5.91 Å². The number of hydrogen-bond donors (Lipinski definition) is 2. The van der Waals surface area contributed by atoms with E-state index in [9.17, 15) is 9.59 Å². The van der Waals surface area contributed by atoms with E-state index >= 15 is 0 Å². The fourth-order valence-corrected chi connectivity index (χ4v) is 6.91. The van der Waals surface area contributed by atoms with Gasteiger partial charge in [0, 0.05) is 34.8 Å². The van der Waals surface area contributed by atoms with Crippen molar-refractivity contribution in [3.63, 3.8) is 0 Å². The summed E-state index contributed by atoms with van der Waals surface area (Å²) in [5.74, 6) is 0.0800. The van der Waals surface area contributed by atoms with Crippen LogP contribution in [0.15, 0.2) is 78.9 Å². The Labute approximate surface area is 223 Å². The molecule has 2 N–H and O–H groups in total. The molecule has 5 atom stereocenters. The van der Waals surface area contributed by atoms with E-state index in [-0.39, 0.29) is 41.8 Å². The second kappa shape index (κ2) is 10.2.